The minimum absolute atomic E-state index is 0.0735. The monoisotopic (exact) mass is 342 g/mol. The molecule has 0 aliphatic carbocycles. The number of nitrogens with one attached hydrogen (secondary N) is 1. The van der Waals surface area contributed by atoms with Gasteiger partial charge in [0.05, 0.1) is 17.4 Å². The Morgan fingerprint density at radius 3 is 2.72 bits per heavy atom. The zero-order valence-corrected chi connectivity index (χ0v) is 15.3. The second-order valence-electron chi connectivity index (χ2n) is 6.80. The highest BCUT2D eigenvalue weighted by Crippen LogP contribution is 2.29. The quantitative estimate of drug-likeness (QED) is 0.865. The van der Waals surface area contributed by atoms with Crippen LogP contribution in [0.25, 0.3) is 0 Å². The van der Waals surface area contributed by atoms with Crippen molar-refractivity contribution in [2.24, 2.45) is 0 Å². The molecule has 134 valence electrons. The number of hydrogen-bond donors (Lipinski definition) is 1. The number of hydrogen-bond acceptors (Lipinski definition) is 6. The summed E-state index contributed by atoms with van der Waals surface area (Å²) in [5.41, 5.74) is 1.61. The Kier molecular flexibility index (Phi) is 5.48. The third kappa shape index (κ3) is 4.45. The first-order valence-corrected chi connectivity index (χ1v) is 8.86. The van der Waals surface area contributed by atoms with Gasteiger partial charge in [-0.3, -0.25) is 4.98 Å². The van der Waals surface area contributed by atoms with E-state index in [2.05, 4.69) is 34.1 Å². The molecule has 0 spiro atoms. The molecule has 1 aliphatic rings. The molecule has 0 radical (unpaired) electrons. The van der Waals surface area contributed by atoms with E-state index in [0.29, 0.717) is 29.6 Å². The number of pyridine rings is 1. The van der Waals surface area contributed by atoms with Crippen molar-refractivity contribution in [3.8, 4) is 17.5 Å². The van der Waals surface area contributed by atoms with Crippen molar-refractivity contribution < 1.29 is 9.47 Å². The standard InChI is InChI=1S/C19H26N4O2/c1-12-7-8-16(23-12)10-13(2)24-18-14(3)19(22-11-21-18)25-17-6-5-9-20-15(17)4/h5-6,9,11-13,16,23H,7-8,10H2,1-4H3/t12?,13-,16?/m1/s1. The van der Waals surface area contributed by atoms with Gasteiger partial charge in [-0.15, -0.1) is 0 Å². The zero-order chi connectivity index (χ0) is 17.8. The van der Waals surface area contributed by atoms with Gasteiger partial charge in [0.2, 0.25) is 11.8 Å². The fourth-order valence-corrected chi connectivity index (χ4v) is 3.17. The van der Waals surface area contributed by atoms with Crippen LogP contribution in [0.3, 0.4) is 0 Å². The van der Waals surface area contributed by atoms with Crippen LogP contribution in [0.5, 0.6) is 17.5 Å². The van der Waals surface area contributed by atoms with Gasteiger partial charge < -0.3 is 14.8 Å². The average Bonchev–Trinajstić information content (AvgIpc) is 2.98. The lowest BCUT2D eigenvalue weighted by Crippen LogP contribution is -2.31. The van der Waals surface area contributed by atoms with Gasteiger partial charge >= 0.3 is 0 Å². The highest BCUT2D eigenvalue weighted by atomic mass is 16.5. The molecule has 1 saturated heterocycles. The summed E-state index contributed by atoms with van der Waals surface area (Å²) >= 11 is 0. The van der Waals surface area contributed by atoms with Crippen LogP contribution in [-0.4, -0.2) is 33.1 Å². The predicted molar refractivity (Wildman–Crippen MR) is 96.1 cm³/mol. The van der Waals surface area contributed by atoms with E-state index in [-0.39, 0.29) is 6.10 Å². The van der Waals surface area contributed by atoms with E-state index >= 15 is 0 Å². The van der Waals surface area contributed by atoms with Gasteiger partial charge in [0.25, 0.3) is 0 Å². The number of ether oxygens (including phenoxy) is 2. The van der Waals surface area contributed by atoms with Crippen LogP contribution in [0.2, 0.25) is 0 Å². The maximum atomic E-state index is 6.06. The molecule has 2 aromatic rings. The third-order valence-electron chi connectivity index (χ3n) is 4.55. The van der Waals surface area contributed by atoms with E-state index in [1.807, 2.05) is 26.0 Å². The lowest BCUT2D eigenvalue weighted by molar-refractivity contribution is 0.185. The number of aryl methyl sites for hydroxylation is 1. The summed E-state index contributed by atoms with van der Waals surface area (Å²) in [4.78, 5) is 12.8. The molecule has 3 heterocycles. The van der Waals surface area contributed by atoms with Crippen molar-refractivity contribution >= 4 is 0 Å². The van der Waals surface area contributed by atoms with Crippen molar-refractivity contribution in [2.45, 2.75) is 65.1 Å². The highest BCUT2D eigenvalue weighted by Gasteiger charge is 2.23. The van der Waals surface area contributed by atoms with Crippen LogP contribution in [0, 0.1) is 13.8 Å². The van der Waals surface area contributed by atoms with E-state index in [1.54, 1.807) is 6.20 Å². The third-order valence-corrected chi connectivity index (χ3v) is 4.55. The molecule has 3 atom stereocenters. The van der Waals surface area contributed by atoms with Gasteiger partial charge in [-0.25, -0.2) is 9.97 Å². The number of rotatable bonds is 6. The topological polar surface area (TPSA) is 69.2 Å². The first-order valence-electron chi connectivity index (χ1n) is 8.86. The molecular formula is C19H26N4O2. The average molecular weight is 342 g/mol. The molecule has 1 fully saturated rings. The van der Waals surface area contributed by atoms with Crippen LogP contribution >= 0.6 is 0 Å². The van der Waals surface area contributed by atoms with E-state index in [9.17, 15) is 0 Å². The van der Waals surface area contributed by atoms with Crippen LogP contribution in [0.4, 0.5) is 0 Å². The Hall–Kier alpha value is -2.21. The van der Waals surface area contributed by atoms with E-state index in [1.165, 1.54) is 19.2 Å². The predicted octanol–water partition coefficient (Wildman–Crippen LogP) is 3.58. The summed E-state index contributed by atoms with van der Waals surface area (Å²) in [5.74, 6) is 1.76. The van der Waals surface area contributed by atoms with Crippen LogP contribution < -0.4 is 14.8 Å². The largest absolute Gasteiger partial charge is 0.474 e. The summed E-state index contributed by atoms with van der Waals surface area (Å²) in [7, 11) is 0. The van der Waals surface area contributed by atoms with Crippen molar-refractivity contribution in [1.82, 2.24) is 20.3 Å². The van der Waals surface area contributed by atoms with Crippen molar-refractivity contribution in [2.75, 3.05) is 0 Å². The molecule has 1 aliphatic heterocycles. The summed E-state index contributed by atoms with van der Waals surface area (Å²) in [6.07, 6.45) is 6.68. The normalized spacial score (nSPS) is 21.1. The van der Waals surface area contributed by atoms with Crippen molar-refractivity contribution in [3.63, 3.8) is 0 Å². The second kappa shape index (κ2) is 7.78. The molecule has 0 aromatic carbocycles. The van der Waals surface area contributed by atoms with Crippen LogP contribution in [0.1, 0.15) is 44.4 Å². The van der Waals surface area contributed by atoms with Gasteiger partial charge in [-0.2, -0.15) is 0 Å². The number of nitrogens with zero attached hydrogens (tertiary/aromatic N) is 3. The first-order chi connectivity index (χ1) is 12.0. The highest BCUT2D eigenvalue weighted by molar-refractivity contribution is 5.37. The summed E-state index contributed by atoms with van der Waals surface area (Å²) in [5, 5.41) is 3.59. The van der Waals surface area contributed by atoms with E-state index < -0.39 is 0 Å². The zero-order valence-electron chi connectivity index (χ0n) is 15.3. The maximum Gasteiger partial charge on any atom is 0.229 e. The molecule has 6 heteroatoms. The molecule has 0 bridgehead atoms. The SMILES string of the molecule is Cc1ncccc1Oc1ncnc(O[C@H](C)CC2CCC(C)N2)c1C. The molecule has 6 nitrogen and oxygen atoms in total. The molecule has 3 rings (SSSR count). The van der Waals surface area contributed by atoms with Gasteiger partial charge in [0, 0.05) is 18.3 Å². The van der Waals surface area contributed by atoms with Gasteiger partial charge in [-0.05, 0) is 59.1 Å². The second-order valence-corrected chi connectivity index (χ2v) is 6.80. The Morgan fingerprint density at radius 2 is 2.00 bits per heavy atom. The molecular weight excluding hydrogens is 316 g/mol. The molecule has 0 amide bonds. The Labute approximate surface area is 149 Å². The summed E-state index contributed by atoms with van der Waals surface area (Å²) in [6.45, 7) is 8.13. The van der Waals surface area contributed by atoms with Gasteiger partial charge in [0.15, 0.2) is 5.75 Å². The molecule has 25 heavy (non-hydrogen) atoms. The minimum atomic E-state index is 0.0735. The lowest BCUT2D eigenvalue weighted by atomic mass is 10.1. The molecule has 1 N–H and O–H groups in total. The van der Waals surface area contributed by atoms with Gasteiger partial charge in [-0.1, -0.05) is 0 Å². The summed E-state index contributed by atoms with van der Waals surface area (Å²) in [6, 6.07) is 4.83. The van der Waals surface area contributed by atoms with Crippen LogP contribution in [-0.2, 0) is 0 Å². The molecule has 2 aromatic heterocycles. The Morgan fingerprint density at radius 1 is 1.20 bits per heavy atom. The van der Waals surface area contributed by atoms with Crippen molar-refractivity contribution in [1.29, 1.82) is 0 Å². The Bertz CT molecular complexity index is 722. The smallest absolute Gasteiger partial charge is 0.229 e. The minimum Gasteiger partial charge on any atom is -0.474 e. The van der Waals surface area contributed by atoms with Gasteiger partial charge in [0.1, 0.15) is 6.33 Å². The molecule has 0 saturated carbocycles. The molecule has 2 unspecified atom stereocenters. The van der Waals surface area contributed by atoms with Crippen molar-refractivity contribution in [3.05, 3.63) is 35.9 Å². The summed E-state index contributed by atoms with van der Waals surface area (Å²) < 4.78 is 12.0. The van der Waals surface area contributed by atoms with E-state index in [0.717, 1.165) is 17.7 Å². The maximum absolute atomic E-state index is 6.06. The fraction of sp³-hybridized carbons (Fsp3) is 0.526. The lowest BCUT2D eigenvalue weighted by Gasteiger charge is -2.20. The first kappa shape index (κ1) is 17.6. The fourth-order valence-electron chi connectivity index (χ4n) is 3.17. The Balaban J connectivity index is 1.67. The van der Waals surface area contributed by atoms with E-state index in [4.69, 9.17) is 9.47 Å². The van der Waals surface area contributed by atoms with Crippen LogP contribution in [0.15, 0.2) is 24.7 Å². The number of aromatic nitrogens is 3.